The molecule has 0 radical (unpaired) electrons. The number of likely N-dealkylation sites (tertiary alicyclic amines) is 1. The van der Waals surface area contributed by atoms with Gasteiger partial charge in [0.25, 0.3) is 11.8 Å². The summed E-state index contributed by atoms with van der Waals surface area (Å²) < 4.78 is 0. The van der Waals surface area contributed by atoms with E-state index in [1.807, 2.05) is 37.5 Å². The number of nitrogens with zero attached hydrogens (tertiary/aromatic N) is 4. The van der Waals surface area contributed by atoms with Crippen LogP contribution in [0, 0.1) is 0 Å². The van der Waals surface area contributed by atoms with Crippen molar-refractivity contribution < 1.29 is 9.59 Å². The van der Waals surface area contributed by atoms with E-state index in [0.717, 1.165) is 54.5 Å². The molecule has 4 heterocycles. The molecular formula is C30H35N7O2. The maximum atomic E-state index is 13.1. The SMILES string of the molecule is CCCC(C)NC(=O)c1ccc(NC(=O)c2n[nH]c3ccc(-c4cncc(CN5CCCCC5)c4)cc23)cn1. The van der Waals surface area contributed by atoms with Crippen LogP contribution in [0.5, 0.6) is 0 Å². The van der Waals surface area contributed by atoms with Crippen molar-refractivity contribution in [2.45, 2.75) is 58.5 Å². The number of carbonyl (C=O) groups excluding carboxylic acids is 2. The lowest BCUT2D eigenvalue weighted by atomic mass is 10.0. The second-order valence-corrected chi connectivity index (χ2v) is 10.3. The van der Waals surface area contributed by atoms with Gasteiger partial charge in [-0.2, -0.15) is 5.10 Å². The first-order valence-electron chi connectivity index (χ1n) is 13.7. The molecule has 1 saturated heterocycles. The fourth-order valence-electron chi connectivity index (χ4n) is 5.07. The highest BCUT2D eigenvalue weighted by Gasteiger charge is 2.17. The number of amides is 2. The lowest BCUT2D eigenvalue weighted by Crippen LogP contribution is -2.32. The Kier molecular flexibility index (Phi) is 8.27. The van der Waals surface area contributed by atoms with Gasteiger partial charge in [-0.15, -0.1) is 0 Å². The summed E-state index contributed by atoms with van der Waals surface area (Å²) in [5.41, 5.74) is 5.02. The van der Waals surface area contributed by atoms with Crippen molar-refractivity contribution in [3.8, 4) is 11.1 Å². The summed E-state index contributed by atoms with van der Waals surface area (Å²) in [5, 5.41) is 13.7. The predicted octanol–water partition coefficient (Wildman–Crippen LogP) is 5.18. The quantitative estimate of drug-likeness (QED) is 0.277. The van der Waals surface area contributed by atoms with Crippen LogP contribution in [0.15, 0.2) is 55.0 Å². The third-order valence-electron chi connectivity index (χ3n) is 7.11. The number of benzene rings is 1. The number of nitrogens with one attached hydrogen (secondary N) is 3. The molecule has 1 fully saturated rings. The Labute approximate surface area is 228 Å². The van der Waals surface area contributed by atoms with Crippen molar-refractivity contribution >= 4 is 28.4 Å². The second-order valence-electron chi connectivity index (χ2n) is 10.3. The number of pyridine rings is 2. The summed E-state index contributed by atoms with van der Waals surface area (Å²) >= 11 is 0. The van der Waals surface area contributed by atoms with Crippen LogP contribution in [-0.2, 0) is 6.54 Å². The van der Waals surface area contributed by atoms with Crippen LogP contribution in [0.1, 0.15) is 72.5 Å². The number of aromatic nitrogens is 4. The van der Waals surface area contributed by atoms with E-state index in [2.05, 4.69) is 48.7 Å². The summed E-state index contributed by atoms with van der Waals surface area (Å²) in [6.07, 6.45) is 11.0. The van der Waals surface area contributed by atoms with Gasteiger partial charge >= 0.3 is 0 Å². The van der Waals surface area contributed by atoms with E-state index in [0.29, 0.717) is 17.1 Å². The van der Waals surface area contributed by atoms with E-state index >= 15 is 0 Å². The van der Waals surface area contributed by atoms with Gasteiger partial charge in [0.05, 0.1) is 17.4 Å². The van der Waals surface area contributed by atoms with E-state index in [1.54, 1.807) is 12.1 Å². The molecule has 9 heteroatoms. The number of H-pyrrole nitrogens is 1. The standard InChI is InChI=1S/C30H35N7O2/c1-3-7-20(2)33-29(38)27-11-9-24(18-32-27)34-30(39)28-25-15-22(8-10-26(25)35-36-28)23-14-21(16-31-17-23)19-37-12-5-4-6-13-37/h8-11,14-18,20H,3-7,12-13,19H2,1-2H3,(H,33,38)(H,34,39)(H,35,36). The van der Waals surface area contributed by atoms with E-state index in [4.69, 9.17) is 0 Å². The fraction of sp³-hybridized carbons (Fsp3) is 0.367. The zero-order valence-corrected chi connectivity index (χ0v) is 22.5. The highest BCUT2D eigenvalue weighted by Crippen LogP contribution is 2.27. The molecule has 1 aromatic carbocycles. The molecule has 0 bridgehead atoms. The maximum absolute atomic E-state index is 13.1. The molecule has 0 aliphatic carbocycles. The largest absolute Gasteiger partial charge is 0.348 e. The van der Waals surface area contributed by atoms with Gasteiger partial charge in [-0.1, -0.05) is 25.8 Å². The van der Waals surface area contributed by atoms with Crippen molar-refractivity contribution in [1.82, 2.24) is 30.4 Å². The Morgan fingerprint density at radius 1 is 1.00 bits per heavy atom. The molecule has 39 heavy (non-hydrogen) atoms. The topological polar surface area (TPSA) is 116 Å². The number of piperidine rings is 1. The second kappa shape index (κ2) is 12.2. The number of hydrogen-bond acceptors (Lipinski definition) is 6. The van der Waals surface area contributed by atoms with Gasteiger partial charge in [-0.3, -0.25) is 24.6 Å². The van der Waals surface area contributed by atoms with Gasteiger partial charge in [0.2, 0.25) is 0 Å². The smallest absolute Gasteiger partial charge is 0.276 e. The molecule has 4 aromatic rings. The zero-order valence-electron chi connectivity index (χ0n) is 22.5. The fourth-order valence-corrected chi connectivity index (χ4v) is 5.07. The Balaban J connectivity index is 1.29. The first-order chi connectivity index (χ1) is 19.0. The number of anilines is 1. The average molecular weight is 526 g/mol. The van der Waals surface area contributed by atoms with E-state index in [1.165, 1.54) is 31.0 Å². The van der Waals surface area contributed by atoms with E-state index in [9.17, 15) is 9.59 Å². The molecule has 202 valence electrons. The van der Waals surface area contributed by atoms with Crippen LogP contribution in [0.3, 0.4) is 0 Å². The van der Waals surface area contributed by atoms with Crippen molar-refractivity contribution in [2.75, 3.05) is 18.4 Å². The number of hydrogen-bond donors (Lipinski definition) is 3. The van der Waals surface area contributed by atoms with Gasteiger partial charge in [-0.25, -0.2) is 4.98 Å². The van der Waals surface area contributed by atoms with Crippen LogP contribution in [0.25, 0.3) is 22.0 Å². The summed E-state index contributed by atoms with van der Waals surface area (Å²) in [6, 6.07) is 11.4. The number of carbonyl (C=O) groups is 2. The van der Waals surface area contributed by atoms with Crippen molar-refractivity contribution in [3.05, 3.63) is 71.9 Å². The minimum absolute atomic E-state index is 0.0782. The van der Waals surface area contributed by atoms with Gasteiger partial charge in [0, 0.05) is 35.9 Å². The van der Waals surface area contributed by atoms with Gasteiger partial charge in [0.15, 0.2) is 5.69 Å². The summed E-state index contributed by atoms with van der Waals surface area (Å²) in [4.78, 5) is 36.7. The first-order valence-corrected chi connectivity index (χ1v) is 13.7. The van der Waals surface area contributed by atoms with Gasteiger partial charge in [-0.05, 0) is 80.7 Å². The molecule has 0 saturated carbocycles. The lowest BCUT2D eigenvalue weighted by Gasteiger charge is -2.26. The van der Waals surface area contributed by atoms with Crippen molar-refractivity contribution in [3.63, 3.8) is 0 Å². The van der Waals surface area contributed by atoms with Gasteiger partial charge in [0.1, 0.15) is 5.69 Å². The minimum Gasteiger partial charge on any atom is -0.348 e. The van der Waals surface area contributed by atoms with Crippen molar-refractivity contribution in [1.29, 1.82) is 0 Å². The molecule has 2 amide bonds. The maximum Gasteiger partial charge on any atom is 0.276 e. The predicted molar refractivity (Wildman–Crippen MR) is 152 cm³/mol. The van der Waals surface area contributed by atoms with Crippen LogP contribution >= 0.6 is 0 Å². The Morgan fingerprint density at radius 3 is 2.62 bits per heavy atom. The lowest BCUT2D eigenvalue weighted by molar-refractivity contribution is 0.0933. The molecule has 3 N–H and O–H groups in total. The Bertz CT molecular complexity index is 1440. The third-order valence-corrected chi connectivity index (χ3v) is 7.11. The van der Waals surface area contributed by atoms with E-state index < -0.39 is 0 Å². The number of rotatable bonds is 9. The Hall–Kier alpha value is -4.11. The highest BCUT2D eigenvalue weighted by molar-refractivity contribution is 6.11. The molecule has 1 aliphatic rings. The molecule has 5 rings (SSSR count). The molecule has 1 aliphatic heterocycles. The molecule has 3 aromatic heterocycles. The highest BCUT2D eigenvalue weighted by atomic mass is 16.2. The molecule has 0 spiro atoms. The minimum atomic E-state index is -0.356. The molecule has 1 unspecified atom stereocenters. The number of fused-ring (bicyclic) bond motifs is 1. The van der Waals surface area contributed by atoms with E-state index in [-0.39, 0.29) is 17.9 Å². The van der Waals surface area contributed by atoms with Gasteiger partial charge < -0.3 is 10.6 Å². The van der Waals surface area contributed by atoms with Crippen LogP contribution in [0.2, 0.25) is 0 Å². The average Bonchev–Trinajstić information content (AvgIpc) is 3.38. The van der Waals surface area contributed by atoms with Crippen LogP contribution < -0.4 is 10.6 Å². The summed E-state index contributed by atoms with van der Waals surface area (Å²) in [5.74, 6) is -0.583. The van der Waals surface area contributed by atoms with Crippen LogP contribution in [0.4, 0.5) is 5.69 Å². The third kappa shape index (κ3) is 6.49. The van der Waals surface area contributed by atoms with Crippen molar-refractivity contribution in [2.24, 2.45) is 0 Å². The molecule has 1 atom stereocenters. The number of aromatic amines is 1. The first kappa shape index (κ1) is 26.5. The summed E-state index contributed by atoms with van der Waals surface area (Å²) in [7, 11) is 0. The molecular weight excluding hydrogens is 490 g/mol. The summed E-state index contributed by atoms with van der Waals surface area (Å²) in [6.45, 7) is 7.21. The monoisotopic (exact) mass is 525 g/mol. The Morgan fingerprint density at radius 2 is 1.85 bits per heavy atom. The normalized spacial score (nSPS) is 14.7. The molecule has 9 nitrogen and oxygen atoms in total. The van der Waals surface area contributed by atoms with Crippen LogP contribution in [-0.4, -0.2) is 56.0 Å². The zero-order chi connectivity index (χ0) is 27.2.